The summed E-state index contributed by atoms with van der Waals surface area (Å²) in [5.41, 5.74) is 2.46. The molecule has 1 saturated carbocycles. The highest BCUT2D eigenvalue weighted by Gasteiger charge is 2.29. The maximum atomic E-state index is 11.7. The fraction of sp³-hybridized carbons (Fsp3) is 0.533. The van der Waals surface area contributed by atoms with Crippen LogP contribution in [0.1, 0.15) is 30.4 Å². The van der Waals surface area contributed by atoms with Crippen LogP contribution in [0, 0.1) is 12.8 Å². The Balaban J connectivity index is 1.66. The van der Waals surface area contributed by atoms with Crippen LogP contribution in [-0.2, 0) is 11.2 Å². The maximum Gasteiger partial charge on any atom is 0.220 e. The summed E-state index contributed by atoms with van der Waals surface area (Å²) in [4.78, 5) is 11.7. The van der Waals surface area contributed by atoms with E-state index in [2.05, 4.69) is 36.5 Å². The number of halogens is 1. The normalized spacial score (nSPS) is 16.3. The molecule has 2 rings (SSSR count). The SMILES string of the molecule is Cc1ccc(CCC(=O)NCC(Cl)C2CC2)cc1. The van der Waals surface area contributed by atoms with Gasteiger partial charge < -0.3 is 5.32 Å². The van der Waals surface area contributed by atoms with Gasteiger partial charge in [-0.3, -0.25) is 4.79 Å². The molecule has 1 aromatic carbocycles. The smallest absolute Gasteiger partial charge is 0.220 e. The van der Waals surface area contributed by atoms with Gasteiger partial charge in [0, 0.05) is 13.0 Å². The minimum absolute atomic E-state index is 0.0990. The number of carbonyl (C=O) groups excluding carboxylic acids is 1. The van der Waals surface area contributed by atoms with Crippen LogP contribution >= 0.6 is 11.6 Å². The molecular formula is C15H20ClNO. The molecule has 3 heteroatoms. The van der Waals surface area contributed by atoms with Crippen molar-refractivity contribution in [3.8, 4) is 0 Å². The third-order valence-corrected chi connectivity index (χ3v) is 3.90. The van der Waals surface area contributed by atoms with Gasteiger partial charge in [-0.25, -0.2) is 0 Å². The van der Waals surface area contributed by atoms with Crippen molar-refractivity contribution in [2.24, 2.45) is 5.92 Å². The van der Waals surface area contributed by atoms with E-state index in [4.69, 9.17) is 11.6 Å². The lowest BCUT2D eigenvalue weighted by atomic mass is 10.1. The molecule has 1 aliphatic carbocycles. The van der Waals surface area contributed by atoms with Crippen LogP contribution in [0.2, 0.25) is 0 Å². The van der Waals surface area contributed by atoms with Crippen molar-refractivity contribution in [2.75, 3.05) is 6.54 Å². The van der Waals surface area contributed by atoms with Crippen LogP contribution in [0.25, 0.3) is 0 Å². The molecule has 18 heavy (non-hydrogen) atoms. The van der Waals surface area contributed by atoms with Gasteiger partial charge in [0.05, 0.1) is 5.38 Å². The maximum absolute atomic E-state index is 11.7. The standard InChI is InChI=1S/C15H20ClNO/c1-11-2-4-12(5-3-11)6-9-15(18)17-10-14(16)13-7-8-13/h2-5,13-14H,6-10H2,1H3,(H,17,18). The number of amides is 1. The first-order valence-corrected chi connectivity index (χ1v) is 7.05. The number of aryl methyl sites for hydroxylation is 2. The van der Waals surface area contributed by atoms with Gasteiger partial charge in [-0.15, -0.1) is 11.6 Å². The summed E-state index contributed by atoms with van der Waals surface area (Å²) in [5, 5.41) is 3.03. The molecule has 0 saturated heterocycles. The first-order valence-electron chi connectivity index (χ1n) is 6.61. The molecule has 1 aromatic rings. The molecule has 1 atom stereocenters. The van der Waals surface area contributed by atoms with Gasteiger partial charge in [0.25, 0.3) is 0 Å². The molecule has 98 valence electrons. The van der Waals surface area contributed by atoms with Crippen LogP contribution in [0.3, 0.4) is 0 Å². The van der Waals surface area contributed by atoms with Crippen LogP contribution < -0.4 is 5.32 Å². The van der Waals surface area contributed by atoms with Gasteiger partial charge >= 0.3 is 0 Å². The monoisotopic (exact) mass is 265 g/mol. The van der Waals surface area contributed by atoms with Crippen LogP contribution in [0.15, 0.2) is 24.3 Å². The van der Waals surface area contributed by atoms with E-state index in [-0.39, 0.29) is 11.3 Å². The Morgan fingerprint density at radius 1 is 1.39 bits per heavy atom. The van der Waals surface area contributed by atoms with Crippen molar-refractivity contribution in [3.05, 3.63) is 35.4 Å². The van der Waals surface area contributed by atoms with E-state index in [0.717, 1.165) is 6.42 Å². The van der Waals surface area contributed by atoms with E-state index in [9.17, 15) is 4.79 Å². The zero-order valence-corrected chi connectivity index (χ0v) is 11.5. The summed E-state index contributed by atoms with van der Waals surface area (Å²) in [5.74, 6) is 0.728. The van der Waals surface area contributed by atoms with Crippen molar-refractivity contribution in [1.29, 1.82) is 0 Å². The second kappa shape index (κ2) is 6.24. The third kappa shape index (κ3) is 4.34. The van der Waals surface area contributed by atoms with Gasteiger partial charge in [0.1, 0.15) is 0 Å². The zero-order valence-electron chi connectivity index (χ0n) is 10.8. The molecule has 0 bridgehead atoms. The van der Waals surface area contributed by atoms with Gasteiger partial charge in [0.15, 0.2) is 0 Å². The molecule has 0 aromatic heterocycles. The lowest BCUT2D eigenvalue weighted by Crippen LogP contribution is -2.30. The molecule has 0 spiro atoms. The minimum Gasteiger partial charge on any atom is -0.355 e. The lowest BCUT2D eigenvalue weighted by molar-refractivity contribution is -0.121. The summed E-state index contributed by atoms with van der Waals surface area (Å²) in [6.07, 6.45) is 3.76. The van der Waals surface area contributed by atoms with Crippen molar-refractivity contribution in [2.45, 2.75) is 38.0 Å². The fourth-order valence-corrected chi connectivity index (χ4v) is 2.27. The Bertz CT molecular complexity index is 397. The number of alkyl halides is 1. The van der Waals surface area contributed by atoms with Crippen LogP contribution in [0.5, 0.6) is 0 Å². The molecule has 0 aliphatic heterocycles. The number of hydrogen-bond donors (Lipinski definition) is 1. The van der Waals surface area contributed by atoms with Crippen LogP contribution in [0.4, 0.5) is 0 Å². The number of nitrogens with one attached hydrogen (secondary N) is 1. The van der Waals surface area contributed by atoms with E-state index in [0.29, 0.717) is 18.9 Å². The first-order chi connectivity index (χ1) is 8.65. The number of rotatable bonds is 6. The second-order valence-corrected chi connectivity index (χ2v) is 5.70. The summed E-state index contributed by atoms with van der Waals surface area (Å²) in [7, 11) is 0. The summed E-state index contributed by atoms with van der Waals surface area (Å²) in [6, 6.07) is 8.32. The highest BCUT2D eigenvalue weighted by Crippen LogP contribution is 2.35. The Kier molecular flexibility index (Phi) is 4.65. The summed E-state index contributed by atoms with van der Waals surface area (Å²) >= 11 is 6.14. The van der Waals surface area contributed by atoms with Gasteiger partial charge in [0.2, 0.25) is 5.91 Å². The minimum atomic E-state index is 0.0990. The largest absolute Gasteiger partial charge is 0.355 e. The van der Waals surface area contributed by atoms with E-state index in [1.165, 1.54) is 24.0 Å². The van der Waals surface area contributed by atoms with E-state index < -0.39 is 0 Å². The Hall–Kier alpha value is -1.02. The van der Waals surface area contributed by atoms with Gasteiger partial charge in [-0.05, 0) is 37.7 Å². The topological polar surface area (TPSA) is 29.1 Å². The van der Waals surface area contributed by atoms with Crippen molar-refractivity contribution < 1.29 is 4.79 Å². The number of benzene rings is 1. The van der Waals surface area contributed by atoms with Gasteiger partial charge in [-0.2, -0.15) is 0 Å². The lowest BCUT2D eigenvalue weighted by Gasteiger charge is -2.09. The Morgan fingerprint density at radius 3 is 2.67 bits per heavy atom. The highest BCUT2D eigenvalue weighted by atomic mass is 35.5. The van der Waals surface area contributed by atoms with E-state index >= 15 is 0 Å². The van der Waals surface area contributed by atoms with Crippen molar-refractivity contribution >= 4 is 17.5 Å². The zero-order chi connectivity index (χ0) is 13.0. The van der Waals surface area contributed by atoms with Crippen LogP contribution in [-0.4, -0.2) is 17.8 Å². The fourth-order valence-electron chi connectivity index (χ4n) is 1.94. The first kappa shape index (κ1) is 13.4. The molecule has 0 radical (unpaired) electrons. The molecule has 1 aliphatic rings. The Morgan fingerprint density at radius 2 is 2.06 bits per heavy atom. The molecular weight excluding hydrogens is 246 g/mol. The molecule has 1 amide bonds. The van der Waals surface area contributed by atoms with Crippen molar-refractivity contribution in [3.63, 3.8) is 0 Å². The predicted molar refractivity (Wildman–Crippen MR) is 74.9 cm³/mol. The molecule has 1 unspecified atom stereocenters. The van der Waals surface area contributed by atoms with Gasteiger partial charge in [-0.1, -0.05) is 29.8 Å². The molecule has 1 N–H and O–H groups in total. The summed E-state index contributed by atoms with van der Waals surface area (Å²) in [6.45, 7) is 2.67. The molecule has 2 nitrogen and oxygen atoms in total. The third-order valence-electron chi connectivity index (χ3n) is 3.39. The average Bonchev–Trinajstić information content (AvgIpc) is 3.19. The average molecular weight is 266 g/mol. The van der Waals surface area contributed by atoms with Crippen molar-refractivity contribution in [1.82, 2.24) is 5.32 Å². The summed E-state index contributed by atoms with van der Waals surface area (Å²) < 4.78 is 0. The second-order valence-electron chi connectivity index (χ2n) is 5.14. The molecule has 1 fully saturated rings. The quantitative estimate of drug-likeness (QED) is 0.787. The Labute approximate surface area is 114 Å². The molecule has 0 heterocycles. The van der Waals surface area contributed by atoms with E-state index in [1.54, 1.807) is 0 Å². The predicted octanol–water partition coefficient (Wildman–Crippen LogP) is 3.06. The number of hydrogen-bond acceptors (Lipinski definition) is 1. The highest BCUT2D eigenvalue weighted by molar-refractivity contribution is 6.21. The van der Waals surface area contributed by atoms with E-state index in [1.807, 2.05) is 0 Å². The number of carbonyl (C=O) groups is 1.